The highest BCUT2D eigenvalue weighted by molar-refractivity contribution is 5.72. The molecule has 0 saturated carbocycles. The van der Waals surface area contributed by atoms with Crippen molar-refractivity contribution in [3.8, 4) is 0 Å². The molecule has 84 valence electrons. The normalized spacial score (nSPS) is 12.5. The number of aromatic nitrogens is 2. The van der Waals surface area contributed by atoms with Gasteiger partial charge in [-0.2, -0.15) is 5.10 Å². The molecule has 1 aromatic heterocycles. The second-order valence-electron chi connectivity index (χ2n) is 3.36. The lowest BCUT2D eigenvalue weighted by atomic mass is 10.0. The Morgan fingerprint density at radius 1 is 1.73 bits per heavy atom. The van der Waals surface area contributed by atoms with Crippen molar-refractivity contribution in [3.05, 3.63) is 18.0 Å². The highest BCUT2D eigenvalue weighted by atomic mass is 16.5. The number of esters is 1. The van der Waals surface area contributed by atoms with Gasteiger partial charge in [-0.25, -0.2) is 0 Å². The van der Waals surface area contributed by atoms with Gasteiger partial charge in [-0.05, 0) is 18.9 Å². The largest absolute Gasteiger partial charge is 0.469 e. The summed E-state index contributed by atoms with van der Waals surface area (Å²) in [7, 11) is 1.38. The molecular formula is C10H17N3O2. The molecule has 0 amide bonds. The lowest BCUT2D eigenvalue weighted by molar-refractivity contribution is -0.145. The molecule has 2 N–H and O–H groups in total. The lowest BCUT2D eigenvalue weighted by Crippen LogP contribution is -2.26. The third kappa shape index (κ3) is 3.06. The van der Waals surface area contributed by atoms with E-state index >= 15 is 0 Å². The van der Waals surface area contributed by atoms with Crippen molar-refractivity contribution < 1.29 is 9.53 Å². The van der Waals surface area contributed by atoms with Crippen LogP contribution >= 0.6 is 0 Å². The Bertz CT molecular complexity index is 322. The van der Waals surface area contributed by atoms with Crippen molar-refractivity contribution in [2.75, 3.05) is 13.7 Å². The first-order valence-corrected chi connectivity index (χ1v) is 5.00. The Labute approximate surface area is 89.2 Å². The van der Waals surface area contributed by atoms with E-state index < -0.39 is 0 Å². The predicted octanol–water partition coefficient (Wildman–Crippen LogP) is 0.193. The van der Waals surface area contributed by atoms with Gasteiger partial charge in [0.1, 0.15) is 0 Å². The second-order valence-corrected chi connectivity index (χ2v) is 3.36. The first kappa shape index (κ1) is 11.7. The fraction of sp³-hybridized carbons (Fsp3) is 0.600. The number of nitrogens with two attached hydrogens (primary N) is 1. The molecule has 0 aromatic carbocycles. The molecule has 0 radical (unpaired) electrons. The fourth-order valence-electron chi connectivity index (χ4n) is 1.40. The standard InChI is InChI=1S/C10H17N3O2/c1-3-13-7-8(6-12-13)4-9(5-11)10(14)15-2/h6-7,9H,3-5,11H2,1-2H3. The molecule has 1 heterocycles. The Morgan fingerprint density at radius 3 is 2.93 bits per heavy atom. The minimum Gasteiger partial charge on any atom is -0.469 e. The Hall–Kier alpha value is -1.36. The molecular weight excluding hydrogens is 194 g/mol. The molecule has 1 aromatic rings. The van der Waals surface area contributed by atoms with Gasteiger partial charge in [-0.1, -0.05) is 0 Å². The number of methoxy groups -OCH3 is 1. The smallest absolute Gasteiger partial charge is 0.310 e. The highest BCUT2D eigenvalue weighted by Gasteiger charge is 2.18. The highest BCUT2D eigenvalue weighted by Crippen LogP contribution is 2.08. The van der Waals surface area contributed by atoms with Crippen LogP contribution < -0.4 is 5.73 Å². The molecule has 5 nitrogen and oxygen atoms in total. The molecule has 0 aliphatic heterocycles. The van der Waals surface area contributed by atoms with Crippen LogP contribution in [0.5, 0.6) is 0 Å². The zero-order valence-electron chi connectivity index (χ0n) is 9.14. The Balaban J connectivity index is 2.62. The zero-order valence-corrected chi connectivity index (χ0v) is 9.14. The van der Waals surface area contributed by atoms with Gasteiger partial charge in [0.05, 0.1) is 19.2 Å². The summed E-state index contributed by atoms with van der Waals surface area (Å²) in [5.41, 5.74) is 6.52. The van der Waals surface area contributed by atoms with Crippen molar-refractivity contribution >= 4 is 5.97 Å². The maximum absolute atomic E-state index is 11.3. The average Bonchev–Trinajstić information content (AvgIpc) is 2.72. The maximum atomic E-state index is 11.3. The molecule has 1 atom stereocenters. The van der Waals surface area contributed by atoms with E-state index in [0.29, 0.717) is 13.0 Å². The van der Waals surface area contributed by atoms with Crippen LogP contribution in [0.4, 0.5) is 0 Å². The number of carbonyl (C=O) groups excluding carboxylic acids is 1. The third-order valence-electron chi connectivity index (χ3n) is 2.31. The summed E-state index contributed by atoms with van der Waals surface area (Å²) in [6.45, 7) is 3.13. The lowest BCUT2D eigenvalue weighted by Gasteiger charge is -2.10. The molecule has 15 heavy (non-hydrogen) atoms. The number of rotatable bonds is 5. The Kier molecular flexibility index (Phi) is 4.30. The fourth-order valence-corrected chi connectivity index (χ4v) is 1.40. The first-order valence-electron chi connectivity index (χ1n) is 5.00. The second kappa shape index (κ2) is 5.50. The maximum Gasteiger partial charge on any atom is 0.310 e. The molecule has 0 fully saturated rings. The van der Waals surface area contributed by atoms with Gasteiger partial charge in [0.2, 0.25) is 0 Å². The zero-order chi connectivity index (χ0) is 11.3. The van der Waals surface area contributed by atoms with Gasteiger partial charge in [-0.15, -0.1) is 0 Å². The number of aryl methyl sites for hydroxylation is 1. The van der Waals surface area contributed by atoms with Gasteiger partial charge in [-0.3, -0.25) is 9.48 Å². The summed E-state index contributed by atoms with van der Waals surface area (Å²) in [5, 5.41) is 4.13. The van der Waals surface area contributed by atoms with E-state index in [4.69, 9.17) is 5.73 Å². The van der Waals surface area contributed by atoms with Gasteiger partial charge >= 0.3 is 5.97 Å². The quantitative estimate of drug-likeness (QED) is 0.706. The minimum atomic E-state index is -0.274. The van der Waals surface area contributed by atoms with Crippen LogP contribution in [0, 0.1) is 5.92 Å². The summed E-state index contributed by atoms with van der Waals surface area (Å²) in [6, 6.07) is 0. The van der Waals surface area contributed by atoms with Crippen molar-refractivity contribution in [2.45, 2.75) is 19.9 Å². The van der Waals surface area contributed by atoms with Crippen LogP contribution in [0.15, 0.2) is 12.4 Å². The molecule has 0 saturated heterocycles. The molecule has 1 unspecified atom stereocenters. The molecule has 5 heteroatoms. The van der Waals surface area contributed by atoms with Crippen molar-refractivity contribution in [1.82, 2.24) is 9.78 Å². The molecule has 0 spiro atoms. The van der Waals surface area contributed by atoms with Gasteiger partial charge in [0.15, 0.2) is 0 Å². The van der Waals surface area contributed by atoms with E-state index in [-0.39, 0.29) is 11.9 Å². The van der Waals surface area contributed by atoms with Crippen LogP contribution in [-0.2, 0) is 22.5 Å². The monoisotopic (exact) mass is 211 g/mol. The molecule has 0 aliphatic rings. The summed E-state index contributed by atoms with van der Waals surface area (Å²) < 4.78 is 6.48. The van der Waals surface area contributed by atoms with Crippen LogP contribution in [0.2, 0.25) is 0 Å². The Morgan fingerprint density at radius 2 is 2.47 bits per heavy atom. The average molecular weight is 211 g/mol. The van der Waals surface area contributed by atoms with E-state index in [1.54, 1.807) is 6.20 Å². The topological polar surface area (TPSA) is 70.1 Å². The molecule has 1 rings (SSSR count). The van der Waals surface area contributed by atoms with Gasteiger partial charge in [0, 0.05) is 19.3 Å². The SMILES string of the molecule is CCn1cc(CC(CN)C(=O)OC)cn1. The molecule has 0 aliphatic carbocycles. The van der Waals surface area contributed by atoms with Crippen LogP contribution in [0.1, 0.15) is 12.5 Å². The number of hydrogen-bond donors (Lipinski definition) is 1. The van der Waals surface area contributed by atoms with Crippen LogP contribution in [0.3, 0.4) is 0 Å². The van der Waals surface area contributed by atoms with E-state index in [9.17, 15) is 4.79 Å². The molecule has 0 bridgehead atoms. The van der Waals surface area contributed by atoms with Crippen LogP contribution in [0.25, 0.3) is 0 Å². The number of ether oxygens (including phenoxy) is 1. The predicted molar refractivity (Wildman–Crippen MR) is 56.2 cm³/mol. The van der Waals surface area contributed by atoms with E-state index in [0.717, 1.165) is 12.1 Å². The summed E-state index contributed by atoms with van der Waals surface area (Å²) >= 11 is 0. The first-order chi connectivity index (χ1) is 7.21. The van der Waals surface area contributed by atoms with Crippen LogP contribution in [-0.4, -0.2) is 29.4 Å². The number of hydrogen-bond acceptors (Lipinski definition) is 4. The number of carbonyl (C=O) groups is 1. The van der Waals surface area contributed by atoms with Gasteiger partial charge in [0.25, 0.3) is 0 Å². The van der Waals surface area contributed by atoms with E-state index in [1.807, 2.05) is 17.8 Å². The van der Waals surface area contributed by atoms with E-state index in [1.165, 1.54) is 7.11 Å². The minimum absolute atomic E-state index is 0.262. The van der Waals surface area contributed by atoms with Crippen molar-refractivity contribution in [3.63, 3.8) is 0 Å². The van der Waals surface area contributed by atoms with Crippen molar-refractivity contribution in [2.24, 2.45) is 11.7 Å². The summed E-state index contributed by atoms with van der Waals surface area (Å²) in [4.78, 5) is 11.3. The summed E-state index contributed by atoms with van der Waals surface area (Å²) in [6.07, 6.45) is 4.27. The number of nitrogens with zero attached hydrogens (tertiary/aromatic N) is 2. The summed E-state index contributed by atoms with van der Waals surface area (Å²) in [5.74, 6) is -0.536. The van der Waals surface area contributed by atoms with Crippen molar-refractivity contribution in [1.29, 1.82) is 0 Å². The van der Waals surface area contributed by atoms with Gasteiger partial charge < -0.3 is 10.5 Å². The third-order valence-corrected chi connectivity index (χ3v) is 2.31. The van der Waals surface area contributed by atoms with E-state index in [2.05, 4.69) is 9.84 Å².